The van der Waals surface area contributed by atoms with Crippen molar-refractivity contribution in [3.63, 3.8) is 0 Å². The lowest BCUT2D eigenvalue weighted by Crippen LogP contribution is -2.52. The number of ether oxygens (including phenoxy) is 1. The van der Waals surface area contributed by atoms with E-state index >= 15 is 0 Å². The molecule has 35 heavy (non-hydrogen) atoms. The molecule has 3 amide bonds. The van der Waals surface area contributed by atoms with Gasteiger partial charge in [0.05, 0.1) is 5.69 Å². The molecule has 4 heterocycles. The number of imide groups is 1. The minimum Gasteiger partial charge on any atom is -0.492 e. The zero-order chi connectivity index (χ0) is 24.5. The molecule has 0 aliphatic carbocycles. The average molecular weight is 480 g/mol. The first-order chi connectivity index (χ1) is 16.9. The molecule has 9 heteroatoms. The van der Waals surface area contributed by atoms with Gasteiger partial charge in [-0.1, -0.05) is 13.3 Å². The summed E-state index contributed by atoms with van der Waals surface area (Å²) in [7, 11) is 0. The largest absolute Gasteiger partial charge is 0.492 e. The summed E-state index contributed by atoms with van der Waals surface area (Å²) < 4.78 is 6.22. The molecule has 2 unspecified atom stereocenters. The minimum atomic E-state index is -0.605. The fourth-order valence-corrected chi connectivity index (χ4v) is 5.37. The van der Waals surface area contributed by atoms with Crippen molar-refractivity contribution < 1.29 is 19.1 Å². The maximum absolute atomic E-state index is 12.9. The number of aromatic nitrogens is 2. The molecule has 5 rings (SSSR count). The van der Waals surface area contributed by atoms with E-state index in [1.165, 1.54) is 12.8 Å². The van der Waals surface area contributed by atoms with Crippen LogP contribution in [0, 0.1) is 6.92 Å². The van der Waals surface area contributed by atoms with Crippen LogP contribution in [0.1, 0.15) is 72.2 Å². The third kappa shape index (κ3) is 4.82. The lowest BCUT2D eigenvalue weighted by Gasteiger charge is -2.35. The predicted octanol–water partition coefficient (Wildman–Crippen LogP) is 2.48. The average Bonchev–Trinajstić information content (AvgIpc) is 3.37. The van der Waals surface area contributed by atoms with Gasteiger partial charge in [0.25, 0.3) is 5.91 Å². The molecule has 2 N–H and O–H groups in total. The van der Waals surface area contributed by atoms with Gasteiger partial charge >= 0.3 is 0 Å². The third-order valence-electron chi connectivity index (χ3n) is 7.41. The van der Waals surface area contributed by atoms with E-state index in [9.17, 15) is 14.4 Å². The van der Waals surface area contributed by atoms with Crippen molar-refractivity contribution in [1.82, 2.24) is 25.1 Å². The number of carbonyl (C=O) groups excluding carboxylic acids is 3. The van der Waals surface area contributed by atoms with Crippen molar-refractivity contribution in [2.24, 2.45) is 0 Å². The summed E-state index contributed by atoms with van der Waals surface area (Å²) in [6.45, 7) is 6.96. The van der Waals surface area contributed by atoms with Gasteiger partial charge in [0.1, 0.15) is 24.2 Å². The van der Waals surface area contributed by atoms with Crippen molar-refractivity contribution in [1.29, 1.82) is 0 Å². The molecule has 9 nitrogen and oxygen atoms in total. The molecule has 2 aromatic rings. The van der Waals surface area contributed by atoms with Gasteiger partial charge in [0.2, 0.25) is 11.8 Å². The smallest absolute Gasteiger partial charge is 0.255 e. The number of aryl methyl sites for hydroxylation is 2. The Morgan fingerprint density at radius 3 is 2.80 bits per heavy atom. The van der Waals surface area contributed by atoms with Crippen LogP contribution in [-0.4, -0.2) is 62.7 Å². The van der Waals surface area contributed by atoms with Gasteiger partial charge in [-0.05, 0) is 56.5 Å². The number of likely N-dealkylation sites (tertiary alicyclic amines) is 1. The highest BCUT2D eigenvalue weighted by atomic mass is 16.5. The van der Waals surface area contributed by atoms with Crippen molar-refractivity contribution in [3.8, 4) is 5.75 Å². The van der Waals surface area contributed by atoms with E-state index in [1.54, 1.807) is 11.0 Å². The molecule has 2 fully saturated rings. The molecule has 0 radical (unpaired) electrons. The van der Waals surface area contributed by atoms with Gasteiger partial charge in [-0.3, -0.25) is 24.6 Å². The van der Waals surface area contributed by atoms with E-state index in [0.717, 1.165) is 54.5 Å². The number of rotatable bonds is 7. The number of amides is 3. The third-order valence-corrected chi connectivity index (χ3v) is 7.41. The van der Waals surface area contributed by atoms with Crippen LogP contribution in [0.5, 0.6) is 5.75 Å². The standard InChI is InChI=1S/C26H33N5O4/c1-3-23-27-16(2)21(28-23)14-30-11-5-4-6-18(30)15-35-19-7-8-20-17(12-19)13-31(26(20)34)22-9-10-24(32)29-25(22)33/h7-8,12,18,22H,3-6,9-11,13-15H2,1-2H3,(H,27,28)(H,29,32,33). The van der Waals surface area contributed by atoms with Gasteiger partial charge in [0.15, 0.2) is 0 Å². The first kappa shape index (κ1) is 23.5. The van der Waals surface area contributed by atoms with Crippen molar-refractivity contribution in [3.05, 3.63) is 46.5 Å². The van der Waals surface area contributed by atoms with Crippen LogP contribution in [0.2, 0.25) is 0 Å². The fourth-order valence-electron chi connectivity index (χ4n) is 5.37. The number of piperidine rings is 2. The number of nitrogens with zero attached hydrogens (tertiary/aromatic N) is 3. The number of nitrogens with one attached hydrogen (secondary N) is 2. The fraction of sp³-hybridized carbons (Fsp3) is 0.538. The summed E-state index contributed by atoms with van der Waals surface area (Å²) in [5.41, 5.74) is 3.70. The van der Waals surface area contributed by atoms with Crippen LogP contribution in [0.3, 0.4) is 0 Å². The van der Waals surface area contributed by atoms with Gasteiger partial charge in [0, 0.05) is 43.2 Å². The lowest BCUT2D eigenvalue weighted by molar-refractivity contribution is -0.136. The molecule has 0 bridgehead atoms. The summed E-state index contributed by atoms with van der Waals surface area (Å²) in [5.74, 6) is 0.920. The van der Waals surface area contributed by atoms with Crippen LogP contribution in [0.25, 0.3) is 0 Å². The molecule has 0 spiro atoms. The Morgan fingerprint density at radius 2 is 2.03 bits per heavy atom. The molecule has 186 valence electrons. The molecule has 3 aliphatic rings. The van der Waals surface area contributed by atoms with Crippen LogP contribution < -0.4 is 10.1 Å². The zero-order valence-corrected chi connectivity index (χ0v) is 20.4. The van der Waals surface area contributed by atoms with E-state index in [1.807, 2.05) is 12.1 Å². The topological polar surface area (TPSA) is 108 Å². The molecule has 1 aromatic carbocycles. The number of carbonyl (C=O) groups is 3. The van der Waals surface area contributed by atoms with Crippen LogP contribution in [0.4, 0.5) is 0 Å². The quantitative estimate of drug-likeness (QED) is 0.591. The maximum Gasteiger partial charge on any atom is 0.255 e. The molecule has 2 atom stereocenters. The van der Waals surface area contributed by atoms with Crippen LogP contribution in [-0.2, 0) is 29.1 Å². The monoisotopic (exact) mass is 479 g/mol. The second-order valence-corrected chi connectivity index (χ2v) is 9.76. The highest BCUT2D eigenvalue weighted by Crippen LogP contribution is 2.30. The van der Waals surface area contributed by atoms with Gasteiger partial charge in [-0.15, -0.1) is 0 Å². The number of benzene rings is 1. The van der Waals surface area contributed by atoms with E-state index < -0.39 is 11.9 Å². The first-order valence-corrected chi connectivity index (χ1v) is 12.6. The number of imidazole rings is 1. The SMILES string of the molecule is CCc1nc(CN2CCCCC2COc2ccc3c(c2)CN(C2CCC(=O)NC2=O)C3=O)c(C)[nH]1. The molecular weight excluding hydrogens is 446 g/mol. The van der Waals surface area contributed by atoms with E-state index in [-0.39, 0.29) is 18.2 Å². The summed E-state index contributed by atoms with van der Waals surface area (Å²) in [5, 5.41) is 2.34. The molecule has 3 aliphatic heterocycles. The Kier molecular flexibility index (Phi) is 6.60. The first-order valence-electron chi connectivity index (χ1n) is 12.6. The number of fused-ring (bicyclic) bond motifs is 1. The summed E-state index contributed by atoms with van der Waals surface area (Å²) in [6, 6.07) is 5.24. The second kappa shape index (κ2) is 9.81. The molecular formula is C26H33N5O4. The van der Waals surface area contributed by atoms with Gasteiger partial charge in [-0.2, -0.15) is 0 Å². The summed E-state index contributed by atoms with van der Waals surface area (Å²) in [6.07, 6.45) is 4.95. The van der Waals surface area contributed by atoms with Crippen molar-refractivity contribution in [2.45, 2.75) is 77.5 Å². The van der Waals surface area contributed by atoms with Gasteiger partial charge in [-0.25, -0.2) is 4.98 Å². The maximum atomic E-state index is 12.9. The Hall–Kier alpha value is -3.20. The van der Waals surface area contributed by atoms with E-state index in [4.69, 9.17) is 9.72 Å². The van der Waals surface area contributed by atoms with Crippen molar-refractivity contribution in [2.75, 3.05) is 13.2 Å². The summed E-state index contributed by atoms with van der Waals surface area (Å²) >= 11 is 0. The highest BCUT2D eigenvalue weighted by molar-refractivity contribution is 6.05. The number of hydrogen-bond donors (Lipinski definition) is 2. The van der Waals surface area contributed by atoms with Crippen molar-refractivity contribution >= 4 is 17.7 Å². The minimum absolute atomic E-state index is 0.166. The van der Waals surface area contributed by atoms with E-state index in [2.05, 4.69) is 29.0 Å². The Balaban J connectivity index is 1.23. The van der Waals surface area contributed by atoms with Gasteiger partial charge < -0.3 is 14.6 Å². The zero-order valence-electron chi connectivity index (χ0n) is 20.4. The summed E-state index contributed by atoms with van der Waals surface area (Å²) in [4.78, 5) is 48.8. The number of hydrogen-bond acceptors (Lipinski definition) is 6. The van der Waals surface area contributed by atoms with Crippen LogP contribution in [0.15, 0.2) is 18.2 Å². The Labute approximate surface area is 205 Å². The molecule has 2 saturated heterocycles. The molecule has 0 saturated carbocycles. The second-order valence-electron chi connectivity index (χ2n) is 9.76. The number of H-pyrrole nitrogens is 1. The molecule has 1 aromatic heterocycles. The highest BCUT2D eigenvalue weighted by Gasteiger charge is 2.39. The Morgan fingerprint density at radius 1 is 1.17 bits per heavy atom. The number of aromatic amines is 1. The van der Waals surface area contributed by atoms with E-state index in [0.29, 0.717) is 31.2 Å². The van der Waals surface area contributed by atoms with Crippen LogP contribution >= 0.6 is 0 Å². The Bertz CT molecular complexity index is 1140. The predicted molar refractivity (Wildman–Crippen MR) is 129 cm³/mol. The lowest BCUT2D eigenvalue weighted by atomic mass is 10.0. The normalized spacial score (nSPS) is 22.9.